The fourth-order valence-electron chi connectivity index (χ4n) is 2.51. The number of hydrogen-bond acceptors (Lipinski definition) is 4. The van der Waals surface area contributed by atoms with Gasteiger partial charge >= 0.3 is 6.09 Å². The molecule has 0 aliphatic carbocycles. The predicted octanol–water partition coefficient (Wildman–Crippen LogP) is 4.51. The number of piperidine rings is 1. The van der Waals surface area contributed by atoms with Gasteiger partial charge in [-0.05, 0) is 52.2 Å². The maximum Gasteiger partial charge on any atom is 0.410 e. The molecule has 23 heavy (non-hydrogen) atoms. The number of rotatable bonds is 2. The van der Waals surface area contributed by atoms with Gasteiger partial charge in [-0.1, -0.05) is 23.2 Å². The van der Waals surface area contributed by atoms with Crippen LogP contribution in [0.4, 0.5) is 10.5 Å². The third kappa shape index (κ3) is 5.15. The summed E-state index contributed by atoms with van der Waals surface area (Å²) in [6, 6.07) is 2.03. The highest BCUT2D eigenvalue weighted by atomic mass is 35.5. The topological polar surface area (TPSA) is 54.5 Å². The second-order valence-corrected chi connectivity index (χ2v) is 7.56. The van der Waals surface area contributed by atoms with Crippen molar-refractivity contribution >= 4 is 35.0 Å². The van der Waals surface area contributed by atoms with Crippen LogP contribution in [0.3, 0.4) is 0 Å². The first-order valence-corrected chi connectivity index (χ1v) is 8.48. The number of carbonyl (C=O) groups excluding carboxylic acids is 1. The average Bonchev–Trinajstić information content (AvgIpc) is 2.41. The van der Waals surface area contributed by atoms with Crippen LogP contribution >= 0.6 is 23.2 Å². The van der Waals surface area contributed by atoms with Crippen LogP contribution < -0.4 is 5.32 Å². The molecule has 2 heterocycles. The van der Waals surface area contributed by atoms with E-state index in [2.05, 4.69) is 10.3 Å². The molecule has 1 aromatic rings. The number of ether oxygens (including phenoxy) is 1. The Bertz CT molecular complexity index is 556. The van der Waals surface area contributed by atoms with E-state index in [0.29, 0.717) is 23.4 Å². The minimum Gasteiger partial charge on any atom is -0.444 e. The van der Waals surface area contributed by atoms with Crippen LogP contribution in [0.25, 0.3) is 0 Å². The van der Waals surface area contributed by atoms with Gasteiger partial charge in [0.15, 0.2) is 5.15 Å². The number of carbonyl (C=O) groups is 1. The molecule has 0 spiro atoms. The molecule has 1 fully saturated rings. The number of aryl methyl sites for hydroxylation is 1. The molecular formula is C16H23Cl2N3O2. The molecule has 0 aromatic carbocycles. The first-order valence-electron chi connectivity index (χ1n) is 7.73. The van der Waals surface area contributed by atoms with E-state index in [1.807, 2.05) is 27.7 Å². The van der Waals surface area contributed by atoms with Crippen molar-refractivity contribution < 1.29 is 9.53 Å². The zero-order valence-corrected chi connectivity index (χ0v) is 15.5. The van der Waals surface area contributed by atoms with Crippen LogP contribution in [0.15, 0.2) is 6.07 Å². The molecule has 7 heteroatoms. The number of hydrogen-bond donors (Lipinski definition) is 1. The van der Waals surface area contributed by atoms with Crippen molar-refractivity contribution in [2.24, 2.45) is 0 Å². The first-order chi connectivity index (χ1) is 10.7. The van der Waals surface area contributed by atoms with Gasteiger partial charge in [0, 0.05) is 19.1 Å². The number of nitrogens with zero attached hydrogens (tertiary/aromatic N) is 2. The van der Waals surface area contributed by atoms with Crippen molar-refractivity contribution in [3.8, 4) is 0 Å². The third-order valence-corrected chi connectivity index (χ3v) is 4.10. The van der Waals surface area contributed by atoms with Crippen molar-refractivity contribution in [2.75, 3.05) is 18.4 Å². The van der Waals surface area contributed by atoms with Gasteiger partial charge in [-0.2, -0.15) is 0 Å². The Kier molecular flexibility index (Phi) is 5.63. The van der Waals surface area contributed by atoms with Crippen LogP contribution in [-0.2, 0) is 4.74 Å². The SMILES string of the molecule is Cc1cc(Cl)nc(Cl)c1NC1CCN(C(=O)OC(C)(C)C)CC1. The molecule has 0 saturated carbocycles. The summed E-state index contributed by atoms with van der Waals surface area (Å²) in [5.41, 5.74) is 1.31. The van der Waals surface area contributed by atoms with E-state index in [0.717, 1.165) is 24.1 Å². The summed E-state index contributed by atoms with van der Waals surface area (Å²) >= 11 is 12.1. The van der Waals surface area contributed by atoms with Gasteiger partial charge in [0.2, 0.25) is 0 Å². The number of amides is 1. The molecule has 1 saturated heterocycles. The maximum atomic E-state index is 12.1. The van der Waals surface area contributed by atoms with E-state index in [-0.39, 0.29) is 12.1 Å². The Labute approximate surface area is 147 Å². The fourth-order valence-corrected chi connectivity index (χ4v) is 3.09. The van der Waals surface area contributed by atoms with Gasteiger partial charge in [-0.25, -0.2) is 9.78 Å². The van der Waals surface area contributed by atoms with E-state index in [1.54, 1.807) is 11.0 Å². The summed E-state index contributed by atoms with van der Waals surface area (Å²) in [5.74, 6) is 0. The minimum absolute atomic E-state index is 0.243. The number of pyridine rings is 1. The normalized spacial score (nSPS) is 16.3. The Hall–Kier alpha value is -1.20. The summed E-state index contributed by atoms with van der Waals surface area (Å²) in [4.78, 5) is 17.9. The summed E-state index contributed by atoms with van der Waals surface area (Å²) in [5, 5.41) is 4.19. The lowest BCUT2D eigenvalue weighted by Crippen LogP contribution is -2.44. The van der Waals surface area contributed by atoms with Crippen LogP contribution in [-0.4, -0.2) is 40.7 Å². The molecule has 0 radical (unpaired) electrons. The van der Waals surface area contributed by atoms with Crippen molar-refractivity contribution in [3.63, 3.8) is 0 Å². The number of halogens is 2. The molecule has 0 bridgehead atoms. The number of anilines is 1. The smallest absolute Gasteiger partial charge is 0.410 e. The second-order valence-electron chi connectivity index (χ2n) is 6.81. The van der Waals surface area contributed by atoms with Gasteiger partial charge in [0.1, 0.15) is 10.8 Å². The van der Waals surface area contributed by atoms with Crippen molar-refractivity contribution in [2.45, 2.75) is 52.2 Å². The number of aromatic nitrogens is 1. The fraction of sp³-hybridized carbons (Fsp3) is 0.625. The van der Waals surface area contributed by atoms with Crippen LogP contribution in [0.5, 0.6) is 0 Å². The van der Waals surface area contributed by atoms with Crippen LogP contribution in [0.1, 0.15) is 39.2 Å². The van der Waals surface area contributed by atoms with Gasteiger partial charge < -0.3 is 15.0 Å². The molecule has 1 aliphatic heterocycles. The molecule has 1 aliphatic rings. The van der Waals surface area contributed by atoms with E-state index in [1.165, 1.54) is 0 Å². The predicted molar refractivity (Wildman–Crippen MR) is 93.4 cm³/mol. The Morgan fingerprint density at radius 2 is 1.96 bits per heavy atom. The minimum atomic E-state index is -0.466. The van der Waals surface area contributed by atoms with E-state index >= 15 is 0 Å². The summed E-state index contributed by atoms with van der Waals surface area (Å²) in [7, 11) is 0. The third-order valence-electron chi connectivity index (χ3n) is 3.64. The van der Waals surface area contributed by atoms with Gasteiger partial charge in [-0.15, -0.1) is 0 Å². The summed E-state index contributed by atoms with van der Waals surface area (Å²) in [6.07, 6.45) is 1.41. The van der Waals surface area contributed by atoms with E-state index in [9.17, 15) is 4.79 Å². The molecule has 1 N–H and O–H groups in total. The lowest BCUT2D eigenvalue weighted by atomic mass is 10.0. The molecule has 0 unspecified atom stereocenters. The highest BCUT2D eigenvalue weighted by Crippen LogP contribution is 2.28. The van der Waals surface area contributed by atoms with Gasteiger partial charge in [0.05, 0.1) is 5.69 Å². The number of nitrogens with one attached hydrogen (secondary N) is 1. The largest absolute Gasteiger partial charge is 0.444 e. The summed E-state index contributed by atoms with van der Waals surface area (Å²) < 4.78 is 5.40. The maximum absolute atomic E-state index is 12.1. The highest BCUT2D eigenvalue weighted by Gasteiger charge is 2.27. The Morgan fingerprint density at radius 3 is 2.48 bits per heavy atom. The van der Waals surface area contributed by atoms with Gasteiger partial charge in [0.25, 0.3) is 0 Å². The molecule has 128 valence electrons. The average molecular weight is 360 g/mol. The van der Waals surface area contributed by atoms with Crippen molar-refractivity contribution in [3.05, 3.63) is 21.9 Å². The zero-order valence-electron chi connectivity index (χ0n) is 13.9. The van der Waals surface area contributed by atoms with E-state index < -0.39 is 5.60 Å². The lowest BCUT2D eigenvalue weighted by Gasteiger charge is -2.34. The Morgan fingerprint density at radius 1 is 1.35 bits per heavy atom. The quantitative estimate of drug-likeness (QED) is 0.789. The monoisotopic (exact) mass is 359 g/mol. The first kappa shape index (κ1) is 18.1. The molecule has 0 atom stereocenters. The zero-order chi connectivity index (χ0) is 17.2. The molecule has 5 nitrogen and oxygen atoms in total. The number of likely N-dealkylation sites (tertiary alicyclic amines) is 1. The van der Waals surface area contributed by atoms with Crippen molar-refractivity contribution in [1.29, 1.82) is 0 Å². The van der Waals surface area contributed by atoms with Crippen molar-refractivity contribution in [1.82, 2.24) is 9.88 Å². The lowest BCUT2D eigenvalue weighted by molar-refractivity contribution is 0.0210. The summed E-state index contributed by atoms with van der Waals surface area (Å²) in [6.45, 7) is 8.87. The Balaban J connectivity index is 1.92. The molecule has 2 rings (SSSR count). The van der Waals surface area contributed by atoms with E-state index in [4.69, 9.17) is 27.9 Å². The second kappa shape index (κ2) is 7.14. The van der Waals surface area contributed by atoms with Crippen LogP contribution in [0.2, 0.25) is 10.3 Å². The van der Waals surface area contributed by atoms with Gasteiger partial charge in [-0.3, -0.25) is 0 Å². The molecule has 1 amide bonds. The standard InChI is InChI=1S/C16H23Cl2N3O2/c1-10-9-12(17)20-14(18)13(10)19-11-5-7-21(8-6-11)15(22)23-16(2,3)4/h9,11,19H,5-8H2,1-4H3. The molecular weight excluding hydrogens is 337 g/mol. The highest BCUT2D eigenvalue weighted by molar-refractivity contribution is 6.34. The van der Waals surface area contributed by atoms with Crippen LogP contribution in [0, 0.1) is 6.92 Å². The molecule has 1 aromatic heterocycles.